The van der Waals surface area contributed by atoms with Crippen LogP contribution in [0.3, 0.4) is 0 Å². The number of hydrogen-bond acceptors (Lipinski definition) is 2. The second kappa shape index (κ2) is 4.70. The number of aliphatic hydroxyl groups is 1. The molecule has 1 aromatic carbocycles. The predicted molar refractivity (Wildman–Crippen MR) is 62.1 cm³/mol. The van der Waals surface area contributed by atoms with Crippen LogP contribution in [0.5, 0.6) is 0 Å². The second-order valence-corrected chi connectivity index (χ2v) is 4.72. The zero-order valence-corrected chi connectivity index (χ0v) is 9.87. The lowest BCUT2D eigenvalue weighted by Gasteiger charge is -2.25. The summed E-state index contributed by atoms with van der Waals surface area (Å²) in [6.07, 6.45) is -1.82. The molecule has 1 saturated heterocycles. The van der Waals surface area contributed by atoms with Gasteiger partial charge in [0.25, 0.3) is 6.43 Å². The van der Waals surface area contributed by atoms with Crippen molar-refractivity contribution in [2.75, 3.05) is 19.6 Å². The highest BCUT2D eigenvalue weighted by Crippen LogP contribution is 2.33. The molecule has 0 bridgehead atoms. The molecule has 1 N–H and O–H groups in total. The van der Waals surface area contributed by atoms with Crippen LogP contribution < -0.4 is 0 Å². The lowest BCUT2D eigenvalue weighted by molar-refractivity contribution is 0.0341. The molecule has 1 aromatic rings. The Labute approximate surface area is 99.9 Å². The molecule has 1 aliphatic heterocycles. The Morgan fingerprint density at radius 2 is 2.12 bits per heavy atom. The number of rotatable bonds is 3. The van der Waals surface area contributed by atoms with Crippen LogP contribution in [-0.2, 0) is 5.60 Å². The van der Waals surface area contributed by atoms with Crippen molar-refractivity contribution in [1.82, 2.24) is 4.90 Å². The Morgan fingerprint density at radius 1 is 1.41 bits per heavy atom. The van der Waals surface area contributed by atoms with E-state index in [2.05, 4.69) is 0 Å². The van der Waals surface area contributed by atoms with Crippen molar-refractivity contribution < 1.29 is 13.9 Å². The Kier molecular flexibility index (Phi) is 3.45. The molecular weight excluding hydrogens is 224 g/mol. The molecule has 0 aromatic heterocycles. The average Bonchev–Trinajstić information content (AvgIpc) is 2.60. The van der Waals surface area contributed by atoms with Crippen LogP contribution in [0.1, 0.15) is 17.5 Å². The van der Waals surface area contributed by atoms with E-state index in [9.17, 15) is 13.9 Å². The van der Waals surface area contributed by atoms with Crippen LogP contribution in [0.25, 0.3) is 0 Å². The van der Waals surface area contributed by atoms with E-state index in [1.54, 1.807) is 4.90 Å². The van der Waals surface area contributed by atoms with Crippen molar-refractivity contribution in [2.24, 2.45) is 0 Å². The summed E-state index contributed by atoms with van der Waals surface area (Å²) in [5.41, 5.74) is 0.894. The fourth-order valence-corrected chi connectivity index (χ4v) is 2.54. The summed E-state index contributed by atoms with van der Waals surface area (Å²) in [7, 11) is 0. The summed E-state index contributed by atoms with van der Waals surface area (Å²) >= 11 is 0. The summed E-state index contributed by atoms with van der Waals surface area (Å²) < 4.78 is 24.6. The van der Waals surface area contributed by atoms with Gasteiger partial charge in [-0.05, 0) is 24.5 Å². The van der Waals surface area contributed by atoms with Crippen molar-refractivity contribution in [3.05, 3.63) is 35.4 Å². The lowest BCUT2D eigenvalue weighted by atomic mass is 9.89. The van der Waals surface area contributed by atoms with Gasteiger partial charge in [0, 0.05) is 13.1 Å². The number of alkyl halides is 2. The third-order valence-corrected chi connectivity index (χ3v) is 3.37. The van der Waals surface area contributed by atoms with Crippen molar-refractivity contribution in [3.8, 4) is 0 Å². The van der Waals surface area contributed by atoms with Gasteiger partial charge >= 0.3 is 0 Å². The molecular formula is C13H17F2NO. The fourth-order valence-electron chi connectivity index (χ4n) is 2.54. The van der Waals surface area contributed by atoms with Gasteiger partial charge in [-0.15, -0.1) is 0 Å². The molecule has 1 atom stereocenters. The molecule has 17 heavy (non-hydrogen) atoms. The van der Waals surface area contributed by atoms with Crippen LogP contribution in [-0.4, -0.2) is 36.1 Å². The first-order valence-corrected chi connectivity index (χ1v) is 5.80. The van der Waals surface area contributed by atoms with Crippen LogP contribution in [0.4, 0.5) is 8.78 Å². The van der Waals surface area contributed by atoms with Crippen molar-refractivity contribution in [1.29, 1.82) is 0 Å². The zero-order chi connectivity index (χ0) is 12.5. The molecule has 0 spiro atoms. The fraction of sp³-hybridized carbons (Fsp3) is 0.538. The highest BCUT2D eigenvalue weighted by molar-refractivity contribution is 5.32. The van der Waals surface area contributed by atoms with Gasteiger partial charge in [0.05, 0.1) is 6.54 Å². The number of β-amino-alcohol motifs (C(OH)–C–C–N with tert-alkyl or cyclic N) is 1. The van der Waals surface area contributed by atoms with E-state index in [0.717, 1.165) is 11.1 Å². The Morgan fingerprint density at radius 3 is 2.76 bits per heavy atom. The number of benzene rings is 1. The molecule has 2 nitrogen and oxygen atoms in total. The molecule has 0 unspecified atom stereocenters. The molecule has 94 valence electrons. The quantitative estimate of drug-likeness (QED) is 0.876. The normalized spacial score (nSPS) is 25.7. The van der Waals surface area contributed by atoms with Crippen molar-refractivity contribution in [2.45, 2.75) is 25.4 Å². The molecule has 1 fully saturated rings. The highest BCUT2D eigenvalue weighted by atomic mass is 19.3. The molecule has 1 aliphatic rings. The van der Waals surface area contributed by atoms with Gasteiger partial charge in [-0.2, -0.15) is 0 Å². The number of nitrogens with zero attached hydrogens (tertiary/aromatic N) is 1. The van der Waals surface area contributed by atoms with E-state index in [1.165, 1.54) is 0 Å². The standard InChI is InChI=1S/C13H17F2NO/c1-10-4-2-3-5-11(10)13(17)6-7-16(9-13)8-12(14)15/h2-5,12,17H,6-9H2,1H3/t13-/m0/s1. The van der Waals surface area contributed by atoms with Crippen molar-refractivity contribution >= 4 is 0 Å². The Hall–Kier alpha value is -1.00. The van der Waals surface area contributed by atoms with Gasteiger partial charge < -0.3 is 5.11 Å². The van der Waals surface area contributed by atoms with Gasteiger partial charge in [-0.1, -0.05) is 24.3 Å². The highest BCUT2D eigenvalue weighted by Gasteiger charge is 2.38. The van der Waals surface area contributed by atoms with E-state index < -0.39 is 12.0 Å². The lowest BCUT2D eigenvalue weighted by Crippen LogP contribution is -2.33. The molecule has 4 heteroatoms. The molecule has 0 saturated carbocycles. The number of halogens is 2. The summed E-state index contributed by atoms with van der Waals surface area (Å²) in [6, 6.07) is 7.59. The molecule has 0 amide bonds. The first kappa shape index (κ1) is 12.5. The van der Waals surface area contributed by atoms with Gasteiger partial charge in [0.2, 0.25) is 0 Å². The largest absolute Gasteiger partial charge is 0.384 e. The van der Waals surface area contributed by atoms with Gasteiger partial charge in [0.1, 0.15) is 5.60 Å². The van der Waals surface area contributed by atoms with Crippen LogP contribution in [0.2, 0.25) is 0 Å². The van der Waals surface area contributed by atoms with E-state index in [1.807, 2.05) is 31.2 Å². The third kappa shape index (κ3) is 2.64. The third-order valence-electron chi connectivity index (χ3n) is 3.37. The SMILES string of the molecule is Cc1ccccc1[C@]1(O)CCN(CC(F)F)C1. The first-order valence-electron chi connectivity index (χ1n) is 5.80. The number of likely N-dealkylation sites (tertiary alicyclic amines) is 1. The summed E-state index contributed by atoms with van der Waals surface area (Å²) in [6.45, 7) is 2.49. The monoisotopic (exact) mass is 241 g/mol. The smallest absolute Gasteiger partial charge is 0.251 e. The van der Waals surface area contributed by atoms with E-state index >= 15 is 0 Å². The van der Waals surface area contributed by atoms with Crippen LogP contribution >= 0.6 is 0 Å². The maximum absolute atomic E-state index is 12.3. The summed E-state index contributed by atoms with van der Waals surface area (Å²) in [5, 5.41) is 10.5. The van der Waals surface area contributed by atoms with Crippen LogP contribution in [0, 0.1) is 6.92 Å². The topological polar surface area (TPSA) is 23.5 Å². The number of hydrogen-bond donors (Lipinski definition) is 1. The van der Waals surface area contributed by atoms with E-state index in [0.29, 0.717) is 19.5 Å². The van der Waals surface area contributed by atoms with Crippen molar-refractivity contribution in [3.63, 3.8) is 0 Å². The summed E-state index contributed by atoms with van der Waals surface area (Å²) in [4.78, 5) is 1.62. The van der Waals surface area contributed by atoms with Gasteiger partial charge in [-0.25, -0.2) is 8.78 Å². The number of aryl methyl sites for hydroxylation is 1. The molecule has 1 heterocycles. The average molecular weight is 241 g/mol. The molecule has 0 radical (unpaired) electrons. The Bertz CT molecular complexity index is 397. The predicted octanol–water partition coefficient (Wildman–Crippen LogP) is 2.15. The first-order chi connectivity index (χ1) is 8.01. The second-order valence-electron chi connectivity index (χ2n) is 4.72. The Balaban J connectivity index is 2.14. The summed E-state index contributed by atoms with van der Waals surface area (Å²) in [5.74, 6) is 0. The maximum atomic E-state index is 12.3. The van der Waals surface area contributed by atoms with E-state index in [4.69, 9.17) is 0 Å². The minimum absolute atomic E-state index is 0.256. The van der Waals surface area contributed by atoms with Gasteiger partial charge in [-0.3, -0.25) is 4.90 Å². The maximum Gasteiger partial charge on any atom is 0.251 e. The van der Waals surface area contributed by atoms with E-state index in [-0.39, 0.29) is 6.54 Å². The van der Waals surface area contributed by atoms with Gasteiger partial charge in [0.15, 0.2) is 0 Å². The molecule has 2 rings (SSSR count). The minimum Gasteiger partial charge on any atom is -0.384 e. The van der Waals surface area contributed by atoms with Crippen LogP contribution in [0.15, 0.2) is 24.3 Å². The minimum atomic E-state index is -2.34. The molecule has 0 aliphatic carbocycles. The zero-order valence-electron chi connectivity index (χ0n) is 9.87.